The van der Waals surface area contributed by atoms with Crippen LogP contribution in [0.5, 0.6) is 0 Å². The van der Waals surface area contributed by atoms with E-state index in [-0.39, 0.29) is 21.7 Å². The maximum Gasteiger partial charge on any atom is 0 e. The fraction of sp³-hybridized carbons (Fsp3) is 0.526. The van der Waals surface area contributed by atoms with Crippen LogP contribution in [0.25, 0.3) is 10.8 Å². The van der Waals surface area contributed by atoms with Crippen LogP contribution in [0.1, 0.15) is 76.0 Å². The van der Waals surface area contributed by atoms with Gasteiger partial charge in [-0.05, 0) is 18.3 Å². The van der Waals surface area contributed by atoms with Gasteiger partial charge in [0, 0.05) is 21.7 Å². The van der Waals surface area contributed by atoms with Crippen molar-refractivity contribution >= 4 is 10.8 Å². The summed E-state index contributed by atoms with van der Waals surface area (Å²) >= 11 is 0. The number of aryl methyl sites for hydroxylation is 1. The Labute approximate surface area is 139 Å². The molecule has 0 nitrogen and oxygen atoms in total. The van der Waals surface area contributed by atoms with E-state index in [1.807, 2.05) is 0 Å². The average Bonchev–Trinajstić information content (AvgIpc) is 2.77. The zero-order valence-electron chi connectivity index (χ0n) is 13.6. The van der Waals surface area contributed by atoms with Gasteiger partial charge in [0.1, 0.15) is 0 Å². The van der Waals surface area contributed by atoms with Crippen LogP contribution in [-0.4, -0.2) is 0 Å². The molecule has 0 aliphatic carbocycles. The van der Waals surface area contributed by atoms with E-state index in [1.54, 1.807) is 0 Å². The van der Waals surface area contributed by atoms with Gasteiger partial charge in [-0.25, -0.2) is 0 Å². The van der Waals surface area contributed by atoms with Crippen LogP contribution < -0.4 is 0 Å². The van der Waals surface area contributed by atoms with Crippen LogP contribution in [0, 0.1) is 0 Å². The summed E-state index contributed by atoms with van der Waals surface area (Å²) in [7, 11) is 0. The molecule has 0 heterocycles. The number of fused-ring (bicyclic) bond motifs is 1. The molecule has 20 heavy (non-hydrogen) atoms. The summed E-state index contributed by atoms with van der Waals surface area (Å²) in [4.78, 5) is 0. The first kappa shape index (κ1) is 17.6. The van der Waals surface area contributed by atoms with Gasteiger partial charge in [-0.2, -0.15) is 6.07 Å². The fourth-order valence-corrected chi connectivity index (χ4v) is 2.77. The molecule has 0 saturated carbocycles. The minimum atomic E-state index is 0. The Morgan fingerprint density at radius 3 is 2.25 bits per heavy atom. The molecule has 1 heteroatoms. The Morgan fingerprint density at radius 2 is 1.70 bits per heavy atom. The van der Waals surface area contributed by atoms with Gasteiger partial charge in [-0.3, -0.25) is 0 Å². The monoisotopic (exact) mass is 303 g/mol. The zero-order valence-corrected chi connectivity index (χ0v) is 15.1. The molecule has 0 saturated heterocycles. The van der Waals surface area contributed by atoms with Gasteiger partial charge in [0.15, 0.2) is 0 Å². The van der Waals surface area contributed by atoms with E-state index in [0.717, 1.165) is 0 Å². The van der Waals surface area contributed by atoms with Crippen molar-refractivity contribution in [1.29, 1.82) is 0 Å². The third-order valence-corrected chi connectivity index (χ3v) is 4.04. The number of hydrogen-bond donors (Lipinski definition) is 0. The fourth-order valence-electron chi connectivity index (χ4n) is 2.77. The third kappa shape index (κ3) is 3.80. The first-order chi connectivity index (χ1) is 9.02. The maximum atomic E-state index is 2.42. The molecule has 0 unspecified atom stereocenters. The van der Waals surface area contributed by atoms with Gasteiger partial charge < -0.3 is 0 Å². The van der Waals surface area contributed by atoms with Crippen LogP contribution in [0.15, 0.2) is 24.3 Å². The van der Waals surface area contributed by atoms with Crippen LogP contribution in [0.4, 0.5) is 0 Å². The van der Waals surface area contributed by atoms with Gasteiger partial charge in [0.05, 0.1) is 0 Å². The number of rotatable bonds is 5. The van der Waals surface area contributed by atoms with Crippen LogP contribution in [-0.2, 0) is 28.1 Å². The molecule has 2 aromatic carbocycles. The van der Waals surface area contributed by atoms with E-state index in [9.17, 15) is 0 Å². The predicted molar refractivity (Wildman–Crippen MR) is 86.3 cm³/mol. The van der Waals surface area contributed by atoms with E-state index in [1.165, 1.54) is 46.7 Å². The molecule has 0 aromatic heterocycles. The minimum absolute atomic E-state index is 0. The molecule has 0 aliphatic rings. The van der Waals surface area contributed by atoms with E-state index < -0.39 is 0 Å². The molecule has 2 rings (SSSR count). The summed E-state index contributed by atoms with van der Waals surface area (Å²) in [5, 5.41) is 2.92. The summed E-state index contributed by atoms with van der Waals surface area (Å²) in [5.41, 5.74) is 4.51. The molecule has 0 bridgehead atoms. The molecule has 0 fully saturated rings. The summed E-state index contributed by atoms with van der Waals surface area (Å²) in [6.45, 7) is 11.4. The van der Waals surface area contributed by atoms with Crippen LogP contribution >= 0.6 is 0 Å². The molecule has 0 aliphatic heterocycles. The van der Waals surface area contributed by atoms with E-state index >= 15 is 0 Å². The van der Waals surface area contributed by atoms with Gasteiger partial charge >= 0.3 is 0 Å². The Hall–Kier alpha value is -0.456. The van der Waals surface area contributed by atoms with Gasteiger partial charge in [0.25, 0.3) is 0 Å². The van der Waals surface area contributed by atoms with E-state index in [2.05, 4.69) is 58.9 Å². The largest absolute Gasteiger partial charge is 0.165 e. The van der Waals surface area contributed by atoms with Crippen LogP contribution in [0.3, 0.4) is 0 Å². The van der Waals surface area contributed by atoms with Gasteiger partial charge in [-0.15, -0.1) is 28.5 Å². The molecule has 0 N–H and O–H groups in total. The summed E-state index contributed by atoms with van der Waals surface area (Å²) in [6.07, 6.45) is 3.79. The smallest absolute Gasteiger partial charge is 0 e. The topological polar surface area (TPSA) is 0 Å². The SMILES string of the molecule is CCCCc1cc2c(C(C)C)cc(C(C)C)cc2[cH-]1.[Ti]. The molecular weight excluding hydrogens is 276 g/mol. The van der Waals surface area contributed by atoms with Gasteiger partial charge in [0.2, 0.25) is 0 Å². The molecule has 0 spiro atoms. The van der Waals surface area contributed by atoms with Crippen molar-refractivity contribution in [2.24, 2.45) is 0 Å². The Morgan fingerprint density at radius 1 is 1.00 bits per heavy atom. The van der Waals surface area contributed by atoms with Crippen molar-refractivity contribution in [3.8, 4) is 0 Å². The van der Waals surface area contributed by atoms with Crippen molar-refractivity contribution in [2.75, 3.05) is 0 Å². The normalized spacial score (nSPS) is 11.3. The quantitative estimate of drug-likeness (QED) is 0.459. The second-order valence-electron chi connectivity index (χ2n) is 6.39. The molecule has 0 amide bonds. The number of unbranched alkanes of at least 4 members (excludes halogenated alkanes) is 1. The third-order valence-electron chi connectivity index (χ3n) is 4.04. The average molecular weight is 303 g/mol. The summed E-state index contributed by atoms with van der Waals surface area (Å²) < 4.78 is 0. The molecular formula is C19H27Ti-. The number of hydrogen-bond acceptors (Lipinski definition) is 0. The molecule has 0 radical (unpaired) electrons. The minimum Gasteiger partial charge on any atom is -0.165 e. The standard InChI is InChI=1S/C19H27.Ti/c1-6-7-8-15-9-17-11-16(13(2)3)12-18(14(4)5)19(17)10-15;/h9-14H,6-8H2,1-5H3;/q-1;. The Balaban J connectivity index is 0.00000200. The van der Waals surface area contributed by atoms with Crippen molar-refractivity contribution in [3.63, 3.8) is 0 Å². The maximum absolute atomic E-state index is 2.42. The van der Waals surface area contributed by atoms with Crippen molar-refractivity contribution in [3.05, 3.63) is 41.0 Å². The summed E-state index contributed by atoms with van der Waals surface area (Å²) in [6, 6.07) is 9.63. The second-order valence-corrected chi connectivity index (χ2v) is 6.39. The molecule has 2 aromatic rings. The molecule has 108 valence electrons. The first-order valence-corrected chi connectivity index (χ1v) is 7.76. The zero-order chi connectivity index (χ0) is 14.0. The number of benzene rings is 1. The second kappa shape index (κ2) is 7.52. The summed E-state index contributed by atoms with van der Waals surface area (Å²) in [5.74, 6) is 1.21. The Bertz CT molecular complexity index is 546. The predicted octanol–water partition coefficient (Wildman–Crippen LogP) is 6.15. The first-order valence-electron chi connectivity index (χ1n) is 7.76. The van der Waals surface area contributed by atoms with E-state index in [0.29, 0.717) is 11.8 Å². The van der Waals surface area contributed by atoms with Gasteiger partial charge in [-0.1, -0.05) is 64.7 Å². The van der Waals surface area contributed by atoms with Crippen molar-refractivity contribution in [1.82, 2.24) is 0 Å². The molecule has 0 atom stereocenters. The van der Waals surface area contributed by atoms with Crippen molar-refractivity contribution in [2.45, 2.75) is 65.7 Å². The van der Waals surface area contributed by atoms with Crippen molar-refractivity contribution < 1.29 is 21.7 Å². The Kier molecular flexibility index (Phi) is 6.62. The van der Waals surface area contributed by atoms with Crippen LogP contribution in [0.2, 0.25) is 0 Å². The van der Waals surface area contributed by atoms with E-state index in [4.69, 9.17) is 0 Å².